The van der Waals surface area contributed by atoms with Crippen molar-refractivity contribution < 1.29 is 9.53 Å². The number of rotatable bonds is 6. The van der Waals surface area contributed by atoms with Crippen molar-refractivity contribution in [1.82, 2.24) is 9.80 Å². The molecule has 2 fully saturated rings. The number of benzene rings is 1. The minimum Gasteiger partial charge on any atom is -0.379 e. The van der Waals surface area contributed by atoms with Gasteiger partial charge in [-0.3, -0.25) is 9.69 Å². The van der Waals surface area contributed by atoms with E-state index in [-0.39, 0.29) is 11.2 Å². The first-order valence-electron chi connectivity index (χ1n) is 9.40. The van der Waals surface area contributed by atoms with Crippen LogP contribution in [-0.4, -0.2) is 68.1 Å². The number of Topliss-reactive ketones (excluding diaryl/α,β-unsaturated/α-hetero) is 1. The molecular weight excluding hydrogens is 336 g/mol. The molecule has 138 valence electrons. The summed E-state index contributed by atoms with van der Waals surface area (Å²) >= 11 is 6.17. The van der Waals surface area contributed by atoms with E-state index in [1.165, 1.54) is 6.42 Å². The average molecular weight is 365 g/mol. The third-order valence-corrected chi connectivity index (χ3v) is 6.05. The summed E-state index contributed by atoms with van der Waals surface area (Å²) in [5.74, 6) is 0.266. The number of halogens is 1. The van der Waals surface area contributed by atoms with Gasteiger partial charge in [0, 0.05) is 18.1 Å². The predicted molar refractivity (Wildman–Crippen MR) is 101 cm³/mol. The second-order valence-electron chi connectivity index (χ2n) is 7.30. The lowest BCUT2D eigenvalue weighted by atomic mass is 9.70. The van der Waals surface area contributed by atoms with Crippen LogP contribution in [0.1, 0.15) is 31.7 Å². The van der Waals surface area contributed by atoms with Gasteiger partial charge in [0.25, 0.3) is 0 Å². The number of morpholine rings is 1. The number of likely N-dealkylation sites (tertiary alicyclic amines) is 1. The molecule has 2 aliphatic rings. The molecule has 0 amide bonds. The summed E-state index contributed by atoms with van der Waals surface area (Å²) < 4.78 is 5.40. The zero-order valence-electron chi connectivity index (χ0n) is 15.2. The molecular formula is C20H29ClN2O2. The van der Waals surface area contributed by atoms with Crippen LogP contribution in [0.5, 0.6) is 0 Å². The maximum atomic E-state index is 12.5. The van der Waals surface area contributed by atoms with Crippen LogP contribution in [0.4, 0.5) is 0 Å². The fraction of sp³-hybridized carbons (Fsp3) is 0.650. The number of carbonyl (C=O) groups excluding carboxylic acids is 1. The largest absolute Gasteiger partial charge is 0.379 e. The van der Waals surface area contributed by atoms with Gasteiger partial charge in [0.15, 0.2) is 0 Å². The molecule has 3 rings (SSSR count). The van der Waals surface area contributed by atoms with Crippen LogP contribution in [0, 0.1) is 0 Å². The van der Waals surface area contributed by atoms with Crippen LogP contribution in [-0.2, 0) is 14.9 Å². The second kappa shape index (κ2) is 8.63. The van der Waals surface area contributed by atoms with E-state index in [1.54, 1.807) is 6.92 Å². The highest BCUT2D eigenvalue weighted by Gasteiger charge is 2.40. The first-order chi connectivity index (χ1) is 12.1. The molecule has 1 aromatic carbocycles. The molecule has 0 atom stereocenters. The summed E-state index contributed by atoms with van der Waals surface area (Å²) in [6.07, 6.45) is 2.96. The van der Waals surface area contributed by atoms with E-state index in [4.69, 9.17) is 16.3 Å². The van der Waals surface area contributed by atoms with E-state index in [0.29, 0.717) is 5.02 Å². The van der Waals surface area contributed by atoms with Gasteiger partial charge in [0.05, 0.1) is 18.6 Å². The molecule has 0 aliphatic carbocycles. The number of ether oxygens (including phenoxy) is 1. The number of ketones is 1. The SMILES string of the molecule is CC(=O)C1(c2cccc(Cl)c2)CCN(CCCN2CCOCC2)CC1. The van der Waals surface area contributed by atoms with E-state index < -0.39 is 0 Å². The second-order valence-corrected chi connectivity index (χ2v) is 7.73. The molecule has 2 saturated heterocycles. The molecule has 2 heterocycles. The molecule has 5 heteroatoms. The van der Waals surface area contributed by atoms with E-state index in [2.05, 4.69) is 15.9 Å². The lowest BCUT2D eigenvalue weighted by Crippen LogP contribution is -2.47. The fourth-order valence-electron chi connectivity index (χ4n) is 4.13. The van der Waals surface area contributed by atoms with Gasteiger partial charge in [0.2, 0.25) is 0 Å². The van der Waals surface area contributed by atoms with Crippen molar-refractivity contribution in [3.05, 3.63) is 34.9 Å². The fourth-order valence-corrected chi connectivity index (χ4v) is 4.32. The summed E-state index contributed by atoms with van der Waals surface area (Å²) in [7, 11) is 0. The molecule has 0 radical (unpaired) electrons. The number of piperidine rings is 1. The summed E-state index contributed by atoms with van der Waals surface area (Å²) in [5.41, 5.74) is 0.728. The highest BCUT2D eigenvalue weighted by atomic mass is 35.5. The normalized spacial score (nSPS) is 22.0. The lowest BCUT2D eigenvalue weighted by Gasteiger charge is -2.41. The van der Waals surface area contributed by atoms with E-state index in [0.717, 1.165) is 70.9 Å². The highest BCUT2D eigenvalue weighted by molar-refractivity contribution is 6.30. The molecule has 1 aromatic rings. The topological polar surface area (TPSA) is 32.8 Å². The van der Waals surface area contributed by atoms with E-state index in [9.17, 15) is 4.79 Å². The third-order valence-electron chi connectivity index (χ3n) is 5.81. The van der Waals surface area contributed by atoms with Crippen LogP contribution < -0.4 is 0 Å². The van der Waals surface area contributed by atoms with Crippen LogP contribution in [0.2, 0.25) is 5.02 Å². The smallest absolute Gasteiger partial charge is 0.140 e. The molecule has 0 N–H and O–H groups in total. The Balaban J connectivity index is 1.52. The first-order valence-corrected chi connectivity index (χ1v) is 9.77. The molecule has 0 aromatic heterocycles. The maximum absolute atomic E-state index is 12.5. The van der Waals surface area contributed by atoms with Gasteiger partial charge < -0.3 is 9.64 Å². The minimum atomic E-state index is -0.356. The number of nitrogens with zero attached hydrogens (tertiary/aromatic N) is 2. The highest BCUT2D eigenvalue weighted by Crippen LogP contribution is 2.37. The van der Waals surface area contributed by atoms with Gasteiger partial charge in [-0.25, -0.2) is 0 Å². The summed E-state index contributed by atoms with van der Waals surface area (Å²) in [6, 6.07) is 7.86. The van der Waals surface area contributed by atoms with Crippen LogP contribution >= 0.6 is 11.6 Å². The summed E-state index contributed by atoms with van der Waals surface area (Å²) in [4.78, 5) is 17.5. The maximum Gasteiger partial charge on any atom is 0.140 e. The first kappa shape index (κ1) is 18.8. The van der Waals surface area contributed by atoms with Crippen molar-refractivity contribution in [2.75, 3.05) is 52.5 Å². The number of carbonyl (C=O) groups is 1. The van der Waals surface area contributed by atoms with Crippen LogP contribution in [0.3, 0.4) is 0 Å². The minimum absolute atomic E-state index is 0.266. The monoisotopic (exact) mass is 364 g/mol. The van der Waals surface area contributed by atoms with Gasteiger partial charge in [0.1, 0.15) is 5.78 Å². The van der Waals surface area contributed by atoms with Crippen molar-refractivity contribution in [3.63, 3.8) is 0 Å². The Bertz CT molecular complexity index is 579. The zero-order chi connectivity index (χ0) is 17.7. The molecule has 0 unspecified atom stereocenters. The molecule has 0 spiro atoms. The van der Waals surface area contributed by atoms with Crippen molar-refractivity contribution in [2.45, 2.75) is 31.6 Å². The Morgan fingerprint density at radius 2 is 1.76 bits per heavy atom. The quantitative estimate of drug-likeness (QED) is 0.776. The van der Waals surface area contributed by atoms with Crippen molar-refractivity contribution in [3.8, 4) is 0 Å². The van der Waals surface area contributed by atoms with Gasteiger partial charge in [-0.2, -0.15) is 0 Å². The Morgan fingerprint density at radius 3 is 2.36 bits per heavy atom. The standard InChI is InChI=1S/C20H29ClN2O2/c1-17(24)20(18-4-2-5-19(21)16-18)6-10-22(11-7-20)8-3-9-23-12-14-25-15-13-23/h2,4-5,16H,3,6-15H2,1H3. The zero-order valence-corrected chi connectivity index (χ0v) is 15.9. The summed E-state index contributed by atoms with van der Waals surface area (Å²) in [5, 5.41) is 0.714. The van der Waals surface area contributed by atoms with Crippen LogP contribution in [0.25, 0.3) is 0 Å². The predicted octanol–water partition coefficient (Wildman–Crippen LogP) is 2.98. The molecule has 0 bridgehead atoms. The van der Waals surface area contributed by atoms with E-state index >= 15 is 0 Å². The van der Waals surface area contributed by atoms with Gasteiger partial charge >= 0.3 is 0 Å². The number of hydrogen-bond donors (Lipinski definition) is 0. The average Bonchev–Trinajstić information content (AvgIpc) is 2.63. The molecule has 0 saturated carbocycles. The Labute approximate surface area is 156 Å². The third kappa shape index (κ3) is 4.62. The van der Waals surface area contributed by atoms with Crippen molar-refractivity contribution in [2.24, 2.45) is 0 Å². The molecule has 2 aliphatic heterocycles. The van der Waals surface area contributed by atoms with Gasteiger partial charge in [-0.05, 0) is 70.1 Å². The number of hydrogen-bond acceptors (Lipinski definition) is 4. The van der Waals surface area contributed by atoms with E-state index in [1.807, 2.05) is 18.2 Å². The Hall–Kier alpha value is -0.940. The van der Waals surface area contributed by atoms with Crippen molar-refractivity contribution in [1.29, 1.82) is 0 Å². The van der Waals surface area contributed by atoms with Crippen LogP contribution in [0.15, 0.2) is 24.3 Å². The van der Waals surface area contributed by atoms with Gasteiger partial charge in [-0.15, -0.1) is 0 Å². The molecule has 25 heavy (non-hydrogen) atoms. The molecule has 4 nitrogen and oxygen atoms in total. The lowest BCUT2D eigenvalue weighted by molar-refractivity contribution is -0.124. The Morgan fingerprint density at radius 1 is 1.12 bits per heavy atom. The van der Waals surface area contributed by atoms with Gasteiger partial charge in [-0.1, -0.05) is 23.7 Å². The Kier molecular flexibility index (Phi) is 6.50. The summed E-state index contributed by atoms with van der Waals surface area (Å²) in [6.45, 7) is 9.80. The van der Waals surface area contributed by atoms with Crippen molar-refractivity contribution >= 4 is 17.4 Å².